The van der Waals surface area contributed by atoms with E-state index >= 15 is 0 Å². The SMILES string of the molecule is CCC(NC(=O)C1CC(=O)N(C)C1)c1ccc(OC)cc1. The summed E-state index contributed by atoms with van der Waals surface area (Å²) in [5.74, 6) is 0.542. The molecule has 1 aromatic rings. The highest BCUT2D eigenvalue weighted by molar-refractivity contribution is 5.89. The molecule has 0 spiro atoms. The molecule has 0 aliphatic carbocycles. The van der Waals surface area contributed by atoms with E-state index in [9.17, 15) is 9.59 Å². The number of carbonyl (C=O) groups is 2. The summed E-state index contributed by atoms with van der Waals surface area (Å²) in [4.78, 5) is 25.4. The van der Waals surface area contributed by atoms with Gasteiger partial charge in [-0.15, -0.1) is 0 Å². The van der Waals surface area contributed by atoms with E-state index in [0.29, 0.717) is 13.0 Å². The summed E-state index contributed by atoms with van der Waals surface area (Å²) < 4.78 is 5.14. The maximum absolute atomic E-state index is 12.3. The summed E-state index contributed by atoms with van der Waals surface area (Å²) >= 11 is 0. The fraction of sp³-hybridized carbons (Fsp3) is 0.500. The summed E-state index contributed by atoms with van der Waals surface area (Å²) in [7, 11) is 3.36. The summed E-state index contributed by atoms with van der Waals surface area (Å²) in [6.45, 7) is 2.53. The first-order valence-electron chi connectivity index (χ1n) is 7.23. The number of carbonyl (C=O) groups excluding carboxylic acids is 2. The fourth-order valence-electron chi connectivity index (χ4n) is 2.59. The zero-order chi connectivity index (χ0) is 15.4. The number of hydrogen-bond acceptors (Lipinski definition) is 3. The summed E-state index contributed by atoms with van der Waals surface area (Å²) in [5.41, 5.74) is 1.05. The van der Waals surface area contributed by atoms with Crippen molar-refractivity contribution in [2.75, 3.05) is 20.7 Å². The number of rotatable bonds is 5. The number of amides is 2. The van der Waals surface area contributed by atoms with Crippen molar-refractivity contribution in [1.82, 2.24) is 10.2 Å². The molecule has 1 heterocycles. The van der Waals surface area contributed by atoms with Gasteiger partial charge in [0.2, 0.25) is 11.8 Å². The Labute approximate surface area is 125 Å². The Kier molecular flexibility index (Phi) is 4.83. The maximum Gasteiger partial charge on any atom is 0.225 e. The topological polar surface area (TPSA) is 58.6 Å². The first kappa shape index (κ1) is 15.4. The monoisotopic (exact) mass is 290 g/mol. The molecule has 1 aliphatic rings. The van der Waals surface area contributed by atoms with E-state index in [4.69, 9.17) is 4.74 Å². The van der Waals surface area contributed by atoms with Crippen molar-refractivity contribution in [2.24, 2.45) is 5.92 Å². The van der Waals surface area contributed by atoms with E-state index in [1.807, 2.05) is 31.2 Å². The van der Waals surface area contributed by atoms with Crippen LogP contribution >= 0.6 is 0 Å². The van der Waals surface area contributed by atoms with Crippen LogP contribution in [-0.2, 0) is 9.59 Å². The second-order valence-corrected chi connectivity index (χ2v) is 5.42. The van der Waals surface area contributed by atoms with Crippen LogP contribution in [0, 0.1) is 5.92 Å². The third kappa shape index (κ3) is 3.54. The van der Waals surface area contributed by atoms with Crippen LogP contribution in [0.5, 0.6) is 5.75 Å². The number of benzene rings is 1. The Hall–Kier alpha value is -2.04. The van der Waals surface area contributed by atoms with Crippen molar-refractivity contribution < 1.29 is 14.3 Å². The molecule has 0 saturated carbocycles. The Morgan fingerprint density at radius 1 is 1.43 bits per heavy atom. The van der Waals surface area contributed by atoms with E-state index in [1.54, 1.807) is 19.1 Å². The number of methoxy groups -OCH3 is 1. The molecule has 1 N–H and O–H groups in total. The molecular formula is C16H22N2O3. The van der Waals surface area contributed by atoms with E-state index in [-0.39, 0.29) is 23.8 Å². The van der Waals surface area contributed by atoms with Crippen molar-refractivity contribution in [1.29, 1.82) is 0 Å². The lowest BCUT2D eigenvalue weighted by molar-refractivity contribution is -0.128. The first-order chi connectivity index (χ1) is 10.0. The highest BCUT2D eigenvalue weighted by Crippen LogP contribution is 2.22. The summed E-state index contributed by atoms with van der Waals surface area (Å²) in [6, 6.07) is 7.65. The molecule has 5 heteroatoms. The van der Waals surface area contributed by atoms with Gasteiger partial charge < -0.3 is 15.0 Å². The standard InChI is InChI=1S/C16H22N2O3/c1-4-14(11-5-7-13(21-3)8-6-11)17-16(20)12-9-15(19)18(2)10-12/h5-8,12,14H,4,9-10H2,1-3H3,(H,17,20). The molecule has 1 aromatic carbocycles. The molecule has 2 amide bonds. The average molecular weight is 290 g/mol. The van der Waals surface area contributed by atoms with Crippen LogP contribution in [0.2, 0.25) is 0 Å². The predicted octanol–water partition coefficient (Wildman–Crippen LogP) is 1.74. The van der Waals surface area contributed by atoms with Crippen molar-refractivity contribution in [2.45, 2.75) is 25.8 Å². The summed E-state index contributed by atoms with van der Waals surface area (Å²) in [6.07, 6.45) is 1.11. The molecular weight excluding hydrogens is 268 g/mol. The van der Waals surface area contributed by atoms with E-state index < -0.39 is 0 Å². The molecule has 0 aromatic heterocycles. The lowest BCUT2D eigenvalue weighted by Crippen LogP contribution is -2.34. The van der Waals surface area contributed by atoms with Gasteiger partial charge in [0.25, 0.3) is 0 Å². The first-order valence-corrected chi connectivity index (χ1v) is 7.23. The lowest BCUT2D eigenvalue weighted by atomic mass is 10.0. The van der Waals surface area contributed by atoms with Crippen LogP contribution in [-0.4, -0.2) is 37.4 Å². The number of hydrogen-bond donors (Lipinski definition) is 1. The molecule has 5 nitrogen and oxygen atoms in total. The van der Waals surface area contributed by atoms with Crippen LogP contribution in [0.4, 0.5) is 0 Å². The van der Waals surface area contributed by atoms with Gasteiger partial charge in [0.1, 0.15) is 5.75 Å². The number of nitrogens with zero attached hydrogens (tertiary/aromatic N) is 1. The molecule has 2 unspecified atom stereocenters. The second kappa shape index (κ2) is 6.61. The zero-order valence-electron chi connectivity index (χ0n) is 12.8. The van der Waals surface area contributed by atoms with Gasteiger partial charge in [-0.1, -0.05) is 19.1 Å². The van der Waals surface area contributed by atoms with Gasteiger partial charge in [-0.2, -0.15) is 0 Å². The molecule has 0 radical (unpaired) electrons. The van der Waals surface area contributed by atoms with Gasteiger partial charge >= 0.3 is 0 Å². The minimum atomic E-state index is -0.241. The van der Waals surface area contributed by atoms with E-state index in [0.717, 1.165) is 17.7 Å². The Morgan fingerprint density at radius 2 is 2.10 bits per heavy atom. The maximum atomic E-state index is 12.3. The molecule has 2 rings (SSSR count). The fourth-order valence-corrected chi connectivity index (χ4v) is 2.59. The van der Waals surface area contributed by atoms with Crippen LogP contribution in [0.25, 0.3) is 0 Å². The molecule has 1 aliphatic heterocycles. The highest BCUT2D eigenvalue weighted by atomic mass is 16.5. The molecule has 1 saturated heterocycles. The third-order valence-electron chi connectivity index (χ3n) is 3.95. The highest BCUT2D eigenvalue weighted by Gasteiger charge is 2.32. The number of nitrogens with one attached hydrogen (secondary N) is 1. The molecule has 0 bridgehead atoms. The smallest absolute Gasteiger partial charge is 0.225 e. The summed E-state index contributed by atoms with van der Waals surface area (Å²) in [5, 5.41) is 3.04. The van der Waals surface area contributed by atoms with Gasteiger partial charge in [0.15, 0.2) is 0 Å². The van der Waals surface area contributed by atoms with Crippen molar-refractivity contribution >= 4 is 11.8 Å². The molecule has 1 fully saturated rings. The van der Waals surface area contributed by atoms with Crippen LogP contribution in [0.1, 0.15) is 31.4 Å². The lowest BCUT2D eigenvalue weighted by Gasteiger charge is -2.20. The largest absolute Gasteiger partial charge is 0.497 e. The van der Waals surface area contributed by atoms with E-state index in [2.05, 4.69) is 5.32 Å². The zero-order valence-corrected chi connectivity index (χ0v) is 12.8. The minimum Gasteiger partial charge on any atom is -0.497 e. The van der Waals surface area contributed by atoms with Gasteiger partial charge in [-0.05, 0) is 24.1 Å². The van der Waals surface area contributed by atoms with Crippen molar-refractivity contribution in [3.8, 4) is 5.75 Å². The van der Waals surface area contributed by atoms with Crippen LogP contribution in [0.3, 0.4) is 0 Å². The van der Waals surface area contributed by atoms with Gasteiger partial charge in [0, 0.05) is 20.0 Å². The van der Waals surface area contributed by atoms with Crippen molar-refractivity contribution in [3.63, 3.8) is 0 Å². The Bertz CT molecular complexity index is 513. The predicted molar refractivity (Wildman–Crippen MR) is 79.9 cm³/mol. The van der Waals surface area contributed by atoms with Crippen LogP contribution in [0.15, 0.2) is 24.3 Å². The quantitative estimate of drug-likeness (QED) is 0.898. The Balaban J connectivity index is 2.01. The number of likely N-dealkylation sites (tertiary alicyclic amines) is 1. The van der Waals surface area contributed by atoms with Crippen LogP contribution < -0.4 is 10.1 Å². The van der Waals surface area contributed by atoms with Gasteiger partial charge in [-0.3, -0.25) is 9.59 Å². The molecule has 2 atom stereocenters. The second-order valence-electron chi connectivity index (χ2n) is 5.42. The van der Waals surface area contributed by atoms with Crippen molar-refractivity contribution in [3.05, 3.63) is 29.8 Å². The normalized spacial score (nSPS) is 19.5. The average Bonchev–Trinajstić information content (AvgIpc) is 2.84. The van der Waals surface area contributed by atoms with Gasteiger partial charge in [0.05, 0.1) is 19.1 Å². The van der Waals surface area contributed by atoms with E-state index in [1.165, 1.54) is 0 Å². The Morgan fingerprint density at radius 3 is 2.57 bits per heavy atom. The van der Waals surface area contributed by atoms with Gasteiger partial charge in [-0.25, -0.2) is 0 Å². The molecule has 21 heavy (non-hydrogen) atoms. The minimum absolute atomic E-state index is 0.0349. The third-order valence-corrected chi connectivity index (χ3v) is 3.95. The molecule has 114 valence electrons. The number of ether oxygens (including phenoxy) is 1.